The lowest BCUT2D eigenvalue weighted by Crippen LogP contribution is -2.37. The Morgan fingerprint density at radius 1 is 1.14 bits per heavy atom. The van der Waals surface area contributed by atoms with Crippen molar-refractivity contribution >= 4 is 11.6 Å². The van der Waals surface area contributed by atoms with Crippen LogP contribution >= 0.6 is 0 Å². The summed E-state index contributed by atoms with van der Waals surface area (Å²) >= 11 is 0. The molecule has 118 valence electrons. The molecule has 0 aliphatic rings. The van der Waals surface area contributed by atoms with E-state index in [1.54, 1.807) is 14.2 Å². The number of hydrogen-bond donors (Lipinski definition) is 2. The number of nitrogens with zero attached hydrogens (tertiary/aromatic N) is 1. The summed E-state index contributed by atoms with van der Waals surface area (Å²) in [5.41, 5.74) is 7.35. The number of carbonyl (C=O) groups excluding carboxylic acids is 1. The zero-order valence-corrected chi connectivity index (χ0v) is 12.8. The average molecular weight is 295 g/mol. The van der Waals surface area contributed by atoms with E-state index in [-0.39, 0.29) is 5.91 Å². The normalized spacial score (nSPS) is 10.9. The lowest BCUT2D eigenvalue weighted by molar-refractivity contribution is -0.117. The summed E-state index contributed by atoms with van der Waals surface area (Å²) in [6.45, 7) is 3.37. The van der Waals surface area contributed by atoms with Gasteiger partial charge < -0.3 is 20.5 Å². The first-order valence-electron chi connectivity index (χ1n) is 6.98. The third-order valence-electron chi connectivity index (χ3n) is 3.06. The number of nitrogens with two attached hydrogens (primary N) is 1. The topological polar surface area (TPSA) is 76.8 Å². The van der Waals surface area contributed by atoms with Crippen molar-refractivity contribution in [3.63, 3.8) is 0 Å². The Bertz CT molecular complexity index is 401. The van der Waals surface area contributed by atoms with Gasteiger partial charge in [-0.25, -0.2) is 0 Å². The molecule has 1 rings (SSSR count). The molecule has 0 spiro atoms. The molecule has 0 bridgehead atoms. The van der Waals surface area contributed by atoms with E-state index in [2.05, 4.69) is 5.32 Å². The molecule has 0 saturated carbocycles. The standard InChI is InChI=1S/C15H25N3O3/c1-20-9-7-18(8-10-21-2)12-15(19)17-14-5-3-13(11-16)4-6-14/h3-6H,7-12,16H2,1-2H3,(H,17,19). The number of nitrogens with one attached hydrogen (secondary N) is 1. The van der Waals surface area contributed by atoms with E-state index >= 15 is 0 Å². The van der Waals surface area contributed by atoms with Gasteiger partial charge in [-0.3, -0.25) is 9.69 Å². The molecule has 0 atom stereocenters. The van der Waals surface area contributed by atoms with E-state index in [4.69, 9.17) is 15.2 Å². The molecule has 3 N–H and O–H groups in total. The molecule has 21 heavy (non-hydrogen) atoms. The minimum Gasteiger partial charge on any atom is -0.383 e. The van der Waals surface area contributed by atoms with Crippen LogP contribution in [0.25, 0.3) is 0 Å². The Kier molecular flexibility index (Phi) is 8.61. The number of anilines is 1. The molecule has 0 fully saturated rings. The van der Waals surface area contributed by atoms with Gasteiger partial charge in [-0.1, -0.05) is 12.1 Å². The SMILES string of the molecule is COCCN(CCOC)CC(=O)Nc1ccc(CN)cc1. The summed E-state index contributed by atoms with van der Waals surface area (Å²) in [6.07, 6.45) is 0. The molecule has 1 aromatic carbocycles. The molecule has 6 heteroatoms. The van der Waals surface area contributed by atoms with Gasteiger partial charge in [-0.15, -0.1) is 0 Å². The van der Waals surface area contributed by atoms with Crippen molar-refractivity contribution in [1.82, 2.24) is 4.90 Å². The van der Waals surface area contributed by atoms with Gasteiger partial charge in [-0.05, 0) is 17.7 Å². The van der Waals surface area contributed by atoms with Gasteiger partial charge in [0.15, 0.2) is 0 Å². The van der Waals surface area contributed by atoms with Crippen LogP contribution in [0.15, 0.2) is 24.3 Å². The maximum Gasteiger partial charge on any atom is 0.238 e. The fourth-order valence-corrected chi connectivity index (χ4v) is 1.84. The molecule has 0 aromatic heterocycles. The van der Waals surface area contributed by atoms with Crippen LogP contribution in [0.4, 0.5) is 5.69 Å². The fourth-order valence-electron chi connectivity index (χ4n) is 1.84. The zero-order valence-electron chi connectivity index (χ0n) is 12.8. The number of carbonyl (C=O) groups is 1. The first kappa shape index (κ1) is 17.6. The quantitative estimate of drug-likeness (QED) is 0.664. The molecule has 0 aliphatic heterocycles. The summed E-state index contributed by atoms with van der Waals surface area (Å²) in [5.74, 6) is -0.0531. The summed E-state index contributed by atoms with van der Waals surface area (Å²) in [5, 5.41) is 2.87. The highest BCUT2D eigenvalue weighted by Crippen LogP contribution is 2.09. The van der Waals surface area contributed by atoms with Gasteiger partial charge in [0.2, 0.25) is 5.91 Å². The predicted octanol–water partition coefficient (Wildman–Crippen LogP) is 0.679. The molecular weight excluding hydrogens is 270 g/mol. The number of amides is 1. The van der Waals surface area contributed by atoms with Crippen LogP contribution < -0.4 is 11.1 Å². The summed E-state index contributed by atoms with van der Waals surface area (Å²) < 4.78 is 10.1. The second kappa shape index (κ2) is 10.3. The Labute approximate surface area is 126 Å². The minimum atomic E-state index is -0.0531. The number of ether oxygens (including phenoxy) is 2. The van der Waals surface area contributed by atoms with Crippen molar-refractivity contribution in [2.75, 3.05) is 52.4 Å². The van der Waals surface area contributed by atoms with Crippen LogP contribution in [-0.4, -0.2) is 57.9 Å². The maximum atomic E-state index is 12.0. The third kappa shape index (κ3) is 7.19. The van der Waals surface area contributed by atoms with Crippen LogP contribution in [0.5, 0.6) is 0 Å². The van der Waals surface area contributed by atoms with E-state index < -0.39 is 0 Å². The van der Waals surface area contributed by atoms with E-state index in [0.717, 1.165) is 11.3 Å². The van der Waals surface area contributed by atoms with Crippen molar-refractivity contribution in [3.05, 3.63) is 29.8 Å². The Hall–Kier alpha value is -1.47. The minimum absolute atomic E-state index is 0.0531. The van der Waals surface area contributed by atoms with Gasteiger partial charge in [0.05, 0.1) is 19.8 Å². The van der Waals surface area contributed by atoms with E-state index in [1.165, 1.54) is 0 Å². The largest absolute Gasteiger partial charge is 0.383 e. The van der Waals surface area contributed by atoms with E-state index in [1.807, 2.05) is 29.2 Å². The first-order chi connectivity index (χ1) is 10.2. The van der Waals surface area contributed by atoms with Gasteiger partial charge in [0.25, 0.3) is 0 Å². The lowest BCUT2D eigenvalue weighted by Gasteiger charge is -2.20. The number of benzene rings is 1. The summed E-state index contributed by atoms with van der Waals surface area (Å²) in [4.78, 5) is 14.0. The Balaban J connectivity index is 2.47. The van der Waals surface area contributed by atoms with E-state index in [9.17, 15) is 4.79 Å². The van der Waals surface area contributed by atoms with E-state index in [0.29, 0.717) is 39.4 Å². The molecule has 0 heterocycles. The van der Waals surface area contributed by atoms with Crippen molar-refractivity contribution in [3.8, 4) is 0 Å². The highest BCUT2D eigenvalue weighted by molar-refractivity contribution is 5.92. The van der Waals surface area contributed by atoms with Gasteiger partial charge in [0.1, 0.15) is 0 Å². The van der Waals surface area contributed by atoms with Crippen molar-refractivity contribution < 1.29 is 14.3 Å². The second-order valence-electron chi connectivity index (χ2n) is 4.71. The van der Waals surface area contributed by atoms with Crippen LogP contribution in [0, 0.1) is 0 Å². The zero-order chi connectivity index (χ0) is 15.5. The average Bonchev–Trinajstić information content (AvgIpc) is 2.50. The van der Waals surface area contributed by atoms with Crippen molar-refractivity contribution in [2.24, 2.45) is 5.73 Å². The number of methoxy groups -OCH3 is 2. The Morgan fingerprint density at radius 3 is 2.19 bits per heavy atom. The molecule has 1 aromatic rings. The van der Waals surface area contributed by atoms with Crippen LogP contribution in [0.2, 0.25) is 0 Å². The van der Waals surface area contributed by atoms with Crippen LogP contribution in [0.3, 0.4) is 0 Å². The molecule has 0 saturated heterocycles. The van der Waals surface area contributed by atoms with Gasteiger partial charge >= 0.3 is 0 Å². The van der Waals surface area contributed by atoms with Crippen LogP contribution in [-0.2, 0) is 20.8 Å². The predicted molar refractivity (Wildman–Crippen MR) is 83.2 cm³/mol. The summed E-state index contributed by atoms with van der Waals surface area (Å²) in [6, 6.07) is 7.52. The second-order valence-corrected chi connectivity index (χ2v) is 4.71. The van der Waals surface area contributed by atoms with Gasteiger partial charge in [-0.2, -0.15) is 0 Å². The highest BCUT2D eigenvalue weighted by Gasteiger charge is 2.10. The molecule has 0 unspecified atom stereocenters. The highest BCUT2D eigenvalue weighted by atomic mass is 16.5. The summed E-state index contributed by atoms with van der Waals surface area (Å²) in [7, 11) is 3.29. The van der Waals surface area contributed by atoms with Gasteiger partial charge in [0, 0.05) is 39.5 Å². The first-order valence-corrected chi connectivity index (χ1v) is 6.98. The number of rotatable bonds is 10. The van der Waals surface area contributed by atoms with Crippen molar-refractivity contribution in [2.45, 2.75) is 6.54 Å². The molecule has 1 amide bonds. The molecular formula is C15H25N3O3. The molecule has 0 radical (unpaired) electrons. The lowest BCUT2D eigenvalue weighted by atomic mass is 10.2. The molecule has 0 aliphatic carbocycles. The van der Waals surface area contributed by atoms with Crippen molar-refractivity contribution in [1.29, 1.82) is 0 Å². The van der Waals surface area contributed by atoms with Crippen LogP contribution in [0.1, 0.15) is 5.56 Å². The third-order valence-corrected chi connectivity index (χ3v) is 3.06. The molecule has 6 nitrogen and oxygen atoms in total. The Morgan fingerprint density at radius 2 is 1.71 bits per heavy atom. The monoisotopic (exact) mass is 295 g/mol. The smallest absolute Gasteiger partial charge is 0.238 e. The fraction of sp³-hybridized carbons (Fsp3) is 0.533. The maximum absolute atomic E-state index is 12.0. The number of hydrogen-bond acceptors (Lipinski definition) is 5.